The normalized spacial score (nSPS) is 10.7. The molecule has 0 unspecified atom stereocenters. The smallest absolute Gasteiger partial charge is 0.228 e. The van der Waals surface area contributed by atoms with Crippen molar-refractivity contribution in [1.82, 2.24) is 15.6 Å². The summed E-state index contributed by atoms with van der Waals surface area (Å²) >= 11 is 4.62. The summed E-state index contributed by atoms with van der Waals surface area (Å²) in [5, 5.41) is 2.79. The van der Waals surface area contributed by atoms with Gasteiger partial charge in [-0.05, 0) is 19.1 Å². The molecule has 11 heavy (non-hydrogen) atoms. The molecule has 0 aliphatic heterocycles. The van der Waals surface area contributed by atoms with Gasteiger partial charge in [0.25, 0.3) is 0 Å². The van der Waals surface area contributed by atoms with E-state index in [1.165, 1.54) is 6.92 Å². The number of hydrazine groups is 1. The Hall–Kier alpha value is -0.400. The quantitative estimate of drug-likeness (QED) is 0.397. The van der Waals surface area contributed by atoms with Crippen molar-refractivity contribution in [3.8, 4) is 0 Å². The molecule has 0 saturated heterocycles. The van der Waals surface area contributed by atoms with E-state index in [0.717, 1.165) is 0 Å². The first kappa shape index (κ1) is 10.6. The summed E-state index contributed by atoms with van der Waals surface area (Å²) in [6.07, 6.45) is 0. The van der Waals surface area contributed by atoms with Crippen LogP contribution in [-0.2, 0) is 10.0 Å². The molecule has 0 saturated carbocycles. The standard InChI is InChI=1S/C4H11N3O2S2/c1-3-11(8,9)7-6-4(10)5-2/h7H,3H2,1-2H3,(H2,5,6,10). The van der Waals surface area contributed by atoms with Gasteiger partial charge in [-0.25, -0.2) is 8.42 Å². The molecule has 66 valence electrons. The second-order valence-corrected chi connectivity index (χ2v) is 4.13. The van der Waals surface area contributed by atoms with Crippen molar-refractivity contribution in [2.75, 3.05) is 12.8 Å². The van der Waals surface area contributed by atoms with Gasteiger partial charge in [0, 0.05) is 7.05 Å². The molecule has 0 atom stereocenters. The molecule has 0 aliphatic carbocycles. The molecule has 0 aromatic rings. The van der Waals surface area contributed by atoms with E-state index in [4.69, 9.17) is 0 Å². The lowest BCUT2D eigenvalue weighted by Gasteiger charge is -2.07. The molecule has 0 aromatic heterocycles. The second-order valence-electron chi connectivity index (χ2n) is 1.71. The fraction of sp³-hybridized carbons (Fsp3) is 0.750. The van der Waals surface area contributed by atoms with Crippen LogP contribution in [0, 0.1) is 0 Å². The summed E-state index contributed by atoms with van der Waals surface area (Å²) < 4.78 is 21.5. The molecule has 0 bridgehead atoms. The molecule has 0 rings (SSSR count). The maximum absolute atomic E-state index is 10.8. The molecular weight excluding hydrogens is 186 g/mol. The van der Waals surface area contributed by atoms with E-state index in [1.807, 2.05) is 0 Å². The maximum atomic E-state index is 10.8. The summed E-state index contributed by atoms with van der Waals surface area (Å²) in [5.74, 6) is 0.0202. The summed E-state index contributed by atoms with van der Waals surface area (Å²) in [6, 6.07) is 0. The molecule has 0 heterocycles. The van der Waals surface area contributed by atoms with Crippen molar-refractivity contribution in [3.63, 3.8) is 0 Å². The minimum absolute atomic E-state index is 0.0202. The van der Waals surface area contributed by atoms with Crippen LogP contribution in [0.2, 0.25) is 0 Å². The first-order valence-corrected chi connectivity index (χ1v) is 5.05. The van der Waals surface area contributed by atoms with Gasteiger partial charge in [-0.15, -0.1) is 4.83 Å². The summed E-state index contributed by atoms with van der Waals surface area (Å²) in [4.78, 5) is 2.08. The SMILES string of the molecule is CCS(=O)(=O)NNC(=S)NC. The summed E-state index contributed by atoms with van der Waals surface area (Å²) in [6.45, 7) is 1.53. The van der Waals surface area contributed by atoms with Crippen molar-refractivity contribution in [2.24, 2.45) is 0 Å². The van der Waals surface area contributed by atoms with E-state index < -0.39 is 10.0 Å². The van der Waals surface area contributed by atoms with Crippen molar-refractivity contribution in [1.29, 1.82) is 0 Å². The highest BCUT2D eigenvalue weighted by Crippen LogP contribution is 1.77. The van der Waals surface area contributed by atoms with Crippen LogP contribution < -0.4 is 15.6 Å². The zero-order chi connectivity index (χ0) is 8.91. The maximum Gasteiger partial charge on any atom is 0.228 e. The molecule has 0 spiro atoms. The van der Waals surface area contributed by atoms with Crippen LogP contribution in [0.5, 0.6) is 0 Å². The largest absolute Gasteiger partial charge is 0.365 e. The number of rotatable bonds is 3. The van der Waals surface area contributed by atoms with Crippen LogP contribution in [0.4, 0.5) is 0 Å². The predicted molar refractivity (Wildman–Crippen MR) is 47.4 cm³/mol. The van der Waals surface area contributed by atoms with Crippen LogP contribution in [0.25, 0.3) is 0 Å². The third-order valence-corrected chi connectivity index (χ3v) is 2.41. The third-order valence-electron chi connectivity index (χ3n) is 0.927. The van der Waals surface area contributed by atoms with Gasteiger partial charge in [0.15, 0.2) is 5.11 Å². The average Bonchev–Trinajstić information content (AvgIpc) is 2.00. The average molecular weight is 197 g/mol. The number of sulfonamides is 1. The minimum Gasteiger partial charge on any atom is -0.365 e. The molecule has 0 radical (unpaired) electrons. The van der Waals surface area contributed by atoms with Gasteiger partial charge < -0.3 is 5.32 Å². The Balaban J connectivity index is 3.80. The highest BCUT2D eigenvalue weighted by atomic mass is 32.2. The van der Waals surface area contributed by atoms with Crippen molar-refractivity contribution < 1.29 is 8.42 Å². The highest BCUT2D eigenvalue weighted by Gasteiger charge is 2.04. The predicted octanol–water partition coefficient (Wildman–Crippen LogP) is -1.07. The first-order chi connectivity index (χ1) is 5.02. The Bertz CT molecular complexity index is 223. The monoisotopic (exact) mass is 197 g/mol. The lowest BCUT2D eigenvalue weighted by Crippen LogP contribution is -2.46. The van der Waals surface area contributed by atoms with Gasteiger partial charge in [-0.3, -0.25) is 5.43 Å². The Morgan fingerprint density at radius 3 is 2.45 bits per heavy atom. The van der Waals surface area contributed by atoms with Crippen LogP contribution >= 0.6 is 12.2 Å². The Morgan fingerprint density at radius 2 is 2.09 bits per heavy atom. The van der Waals surface area contributed by atoms with E-state index in [9.17, 15) is 8.42 Å². The molecule has 0 aliphatic rings. The molecule has 5 nitrogen and oxygen atoms in total. The van der Waals surface area contributed by atoms with Gasteiger partial charge in [-0.1, -0.05) is 0 Å². The topological polar surface area (TPSA) is 70.2 Å². The van der Waals surface area contributed by atoms with E-state index in [-0.39, 0.29) is 10.9 Å². The minimum atomic E-state index is -3.21. The molecular formula is C4H11N3O2S2. The van der Waals surface area contributed by atoms with Crippen molar-refractivity contribution in [2.45, 2.75) is 6.92 Å². The van der Waals surface area contributed by atoms with Gasteiger partial charge >= 0.3 is 0 Å². The summed E-state index contributed by atoms with van der Waals surface area (Å²) in [5.41, 5.74) is 2.31. The zero-order valence-electron chi connectivity index (χ0n) is 6.34. The first-order valence-electron chi connectivity index (χ1n) is 2.99. The van der Waals surface area contributed by atoms with E-state index in [2.05, 4.69) is 27.8 Å². The molecule has 3 N–H and O–H groups in total. The van der Waals surface area contributed by atoms with Crippen LogP contribution in [0.15, 0.2) is 0 Å². The fourth-order valence-electron chi connectivity index (χ4n) is 0.259. The molecule has 0 amide bonds. The van der Waals surface area contributed by atoms with E-state index in [1.54, 1.807) is 7.05 Å². The lowest BCUT2D eigenvalue weighted by atomic mass is 11.0. The third kappa shape index (κ3) is 4.93. The lowest BCUT2D eigenvalue weighted by molar-refractivity contribution is 0.578. The fourth-order valence-corrected chi connectivity index (χ4v) is 0.776. The van der Waals surface area contributed by atoms with Crippen LogP contribution in [0.3, 0.4) is 0 Å². The summed E-state index contributed by atoms with van der Waals surface area (Å²) in [7, 11) is -1.62. The van der Waals surface area contributed by atoms with Gasteiger partial charge in [0.1, 0.15) is 0 Å². The van der Waals surface area contributed by atoms with Crippen molar-refractivity contribution >= 4 is 27.4 Å². The number of thiocarbonyl (C=S) groups is 1. The number of hydrogen-bond acceptors (Lipinski definition) is 3. The zero-order valence-corrected chi connectivity index (χ0v) is 7.97. The van der Waals surface area contributed by atoms with E-state index >= 15 is 0 Å². The van der Waals surface area contributed by atoms with Crippen molar-refractivity contribution in [3.05, 3.63) is 0 Å². The second kappa shape index (κ2) is 4.47. The number of nitrogens with one attached hydrogen (secondary N) is 3. The van der Waals surface area contributed by atoms with Gasteiger partial charge in [-0.2, -0.15) is 0 Å². The van der Waals surface area contributed by atoms with Crippen LogP contribution in [-0.4, -0.2) is 26.3 Å². The Morgan fingerprint density at radius 1 is 1.55 bits per heavy atom. The van der Waals surface area contributed by atoms with Gasteiger partial charge in [0.2, 0.25) is 10.0 Å². The molecule has 0 aromatic carbocycles. The number of hydrogen-bond donors (Lipinski definition) is 3. The molecule has 7 heteroatoms. The highest BCUT2D eigenvalue weighted by molar-refractivity contribution is 7.89. The van der Waals surface area contributed by atoms with Crippen LogP contribution in [0.1, 0.15) is 6.92 Å². The molecule has 0 fully saturated rings. The Kier molecular flexibility index (Phi) is 4.31. The van der Waals surface area contributed by atoms with E-state index in [0.29, 0.717) is 0 Å². The van der Waals surface area contributed by atoms with Gasteiger partial charge in [0.05, 0.1) is 5.75 Å². The Labute approximate surface area is 71.6 Å².